The van der Waals surface area contributed by atoms with Gasteiger partial charge in [-0.25, -0.2) is 0 Å². The molecule has 0 N–H and O–H groups in total. The van der Waals surface area contributed by atoms with Crippen LogP contribution in [-0.2, 0) is 19.0 Å². The summed E-state index contributed by atoms with van der Waals surface area (Å²) in [6.45, 7) is 0.755. The SMILES string of the molecule is O=C1CCCCC(OC2CCCO2)O1. The monoisotopic (exact) mass is 200 g/mol. The van der Waals surface area contributed by atoms with Crippen molar-refractivity contribution >= 4 is 5.97 Å². The Bertz CT molecular complexity index is 198. The molecule has 2 heterocycles. The van der Waals surface area contributed by atoms with Crippen molar-refractivity contribution in [2.24, 2.45) is 0 Å². The molecule has 2 unspecified atom stereocenters. The summed E-state index contributed by atoms with van der Waals surface area (Å²) >= 11 is 0. The number of carbonyl (C=O) groups is 1. The zero-order valence-electron chi connectivity index (χ0n) is 8.24. The molecule has 4 nitrogen and oxygen atoms in total. The summed E-state index contributed by atoms with van der Waals surface area (Å²) in [5, 5.41) is 0. The number of carbonyl (C=O) groups excluding carboxylic acids is 1. The third-order valence-corrected chi connectivity index (χ3v) is 2.53. The zero-order valence-corrected chi connectivity index (χ0v) is 8.24. The van der Waals surface area contributed by atoms with Crippen LogP contribution in [0.1, 0.15) is 38.5 Å². The first-order valence-corrected chi connectivity index (χ1v) is 5.31. The number of hydrogen-bond donors (Lipinski definition) is 0. The van der Waals surface area contributed by atoms with E-state index >= 15 is 0 Å². The van der Waals surface area contributed by atoms with Gasteiger partial charge in [0.25, 0.3) is 0 Å². The van der Waals surface area contributed by atoms with Crippen molar-refractivity contribution in [3.05, 3.63) is 0 Å². The van der Waals surface area contributed by atoms with E-state index in [1.807, 2.05) is 0 Å². The average Bonchev–Trinajstić information content (AvgIpc) is 2.56. The Morgan fingerprint density at radius 3 is 2.79 bits per heavy atom. The first kappa shape index (κ1) is 9.93. The van der Waals surface area contributed by atoms with Gasteiger partial charge in [0, 0.05) is 25.9 Å². The first-order valence-electron chi connectivity index (χ1n) is 5.31. The lowest BCUT2D eigenvalue weighted by molar-refractivity contribution is -0.227. The molecule has 80 valence electrons. The topological polar surface area (TPSA) is 44.8 Å². The van der Waals surface area contributed by atoms with Crippen LogP contribution in [0.3, 0.4) is 0 Å². The fourth-order valence-corrected chi connectivity index (χ4v) is 1.77. The quantitative estimate of drug-likeness (QED) is 0.635. The van der Waals surface area contributed by atoms with Gasteiger partial charge in [0.05, 0.1) is 0 Å². The molecule has 0 spiro atoms. The van der Waals surface area contributed by atoms with Crippen LogP contribution in [0.4, 0.5) is 0 Å². The van der Waals surface area contributed by atoms with Gasteiger partial charge in [0.2, 0.25) is 6.29 Å². The Morgan fingerprint density at radius 2 is 2.00 bits per heavy atom. The molecular weight excluding hydrogens is 184 g/mol. The van der Waals surface area contributed by atoms with Gasteiger partial charge in [0.15, 0.2) is 6.29 Å². The summed E-state index contributed by atoms with van der Waals surface area (Å²) < 4.78 is 16.0. The highest BCUT2D eigenvalue weighted by atomic mass is 16.8. The van der Waals surface area contributed by atoms with E-state index in [0.29, 0.717) is 6.42 Å². The Balaban J connectivity index is 1.79. The first-order chi connectivity index (χ1) is 6.84. The molecule has 0 saturated carbocycles. The second kappa shape index (κ2) is 4.75. The maximum atomic E-state index is 11.1. The van der Waals surface area contributed by atoms with Crippen LogP contribution >= 0.6 is 0 Å². The molecular formula is C10H16O4. The van der Waals surface area contributed by atoms with Crippen LogP contribution in [0.5, 0.6) is 0 Å². The van der Waals surface area contributed by atoms with Gasteiger partial charge in [-0.1, -0.05) is 0 Å². The third kappa shape index (κ3) is 2.69. The lowest BCUT2D eigenvalue weighted by Gasteiger charge is -2.19. The van der Waals surface area contributed by atoms with Gasteiger partial charge in [-0.2, -0.15) is 0 Å². The fraction of sp³-hybridized carbons (Fsp3) is 0.900. The summed E-state index contributed by atoms with van der Waals surface area (Å²) in [5.74, 6) is -0.148. The molecule has 2 aliphatic rings. The molecule has 0 aromatic rings. The lowest BCUT2D eigenvalue weighted by Crippen LogP contribution is -2.25. The maximum Gasteiger partial charge on any atom is 0.308 e. The van der Waals surface area contributed by atoms with E-state index in [4.69, 9.17) is 14.2 Å². The molecule has 0 aromatic carbocycles. The Hall–Kier alpha value is -0.610. The van der Waals surface area contributed by atoms with Crippen molar-refractivity contribution in [1.29, 1.82) is 0 Å². The van der Waals surface area contributed by atoms with Crippen molar-refractivity contribution in [2.75, 3.05) is 6.61 Å². The van der Waals surface area contributed by atoms with Crippen LogP contribution in [0.15, 0.2) is 0 Å². The minimum Gasteiger partial charge on any atom is -0.436 e. The second-order valence-corrected chi connectivity index (χ2v) is 3.74. The van der Waals surface area contributed by atoms with Crippen molar-refractivity contribution in [1.82, 2.24) is 0 Å². The summed E-state index contributed by atoms with van der Waals surface area (Å²) in [5.41, 5.74) is 0. The van der Waals surface area contributed by atoms with E-state index in [2.05, 4.69) is 0 Å². The molecule has 0 aliphatic carbocycles. The molecule has 4 heteroatoms. The Morgan fingerprint density at radius 1 is 1.14 bits per heavy atom. The molecule has 0 aromatic heterocycles. The average molecular weight is 200 g/mol. The van der Waals surface area contributed by atoms with E-state index < -0.39 is 0 Å². The molecule has 0 radical (unpaired) electrons. The zero-order chi connectivity index (χ0) is 9.80. The van der Waals surface area contributed by atoms with Crippen LogP contribution < -0.4 is 0 Å². The van der Waals surface area contributed by atoms with Gasteiger partial charge in [-0.15, -0.1) is 0 Å². The molecule has 2 fully saturated rings. The Kier molecular flexibility index (Phi) is 3.37. The predicted octanol–water partition coefficient (Wildman–Crippen LogP) is 1.58. The highest BCUT2D eigenvalue weighted by Crippen LogP contribution is 2.21. The third-order valence-electron chi connectivity index (χ3n) is 2.53. The highest BCUT2D eigenvalue weighted by Gasteiger charge is 2.25. The number of ether oxygens (including phenoxy) is 3. The number of esters is 1. The van der Waals surface area contributed by atoms with Crippen LogP contribution in [0, 0.1) is 0 Å². The molecule has 2 aliphatic heterocycles. The summed E-state index contributed by atoms with van der Waals surface area (Å²) in [4.78, 5) is 11.1. The minimum atomic E-state index is -0.381. The number of rotatable bonds is 2. The Labute approximate surface area is 83.5 Å². The lowest BCUT2D eigenvalue weighted by atomic mass is 10.2. The van der Waals surface area contributed by atoms with Crippen molar-refractivity contribution in [3.63, 3.8) is 0 Å². The standard InChI is InChI=1S/C10H16O4/c11-8-4-1-2-5-10(13-8)14-9-6-3-7-12-9/h9-10H,1-7H2. The van der Waals surface area contributed by atoms with E-state index in [1.54, 1.807) is 0 Å². The molecule has 0 amide bonds. The fourth-order valence-electron chi connectivity index (χ4n) is 1.77. The minimum absolute atomic E-state index is 0.148. The van der Waals surface area contributed by atoms with Gasteiger partial charge in [-0.3, -0.25) is 4.79 Å². The van der Waals surface area contributed by atoms with Gasteiger partial charge in [-0.05, 0) is 19.3 Å². The molecule has 2 atom stereocenters. The molecule has 2 saturated heterocycles. The number of hydrogen-bond acceptors (Lipinski definition) is 4. The van der Waals surface area contributed by atoms with E-state index in [-0.39, 0.29) is 18.5 Å². The summed E-state index contributed by atoms with van der Waals surface area (Å²) in [7, 11) is 0. The smallest absolute Gasteiger partial charge is 0.308 e. The van der Waals surface area contributed by atoms with Crippen molar-refractivity contribution in [2.45, 2.75) is 51.1 Å². The van der Waals surface area contributed by atoms with Gasteiger partial charge >= 0.3 is 5.97 Å². The van der Waals surface area contributed by atoms with E-state index in [9.17, 15) is 4.79 Å². The van der Waals surface area contributed by atoms with Crippen molar-refractivity contribution in [3.8, 4) is 0 Å². The number of cyclic esters (lactones) is 1. The van der Waals surface area contributed by atoms with E-state index in [1.165, 1.54) is 0 Å². The molecule has 14 heavy (non-hydrogen) atoms. The highest BCUT2D eigenvalue weighted by molar-refractivity contribution is 5.69. The largest absolute Gasteiger partial charge is 0.436 e. The second-order valence-electron chi connectivity index (χ2n) is 3.74. The molecule has 2 rings (SSSR count). The summed E-state index contributed by atoms with van der Waals surface area (Å²) in [6, 6.07) is 0. The van der Waals surface area contributed by atoms with E-state index in [0.717, 1.165) is 38.7 Å². The van der Waals surface area contributed by atoms with Crippen LogP contribution in [0.2, 0.25) is 0 Å². The predicted molar refractivity (Wildman–Crippen MR) is 48.4 cm³/mol. The van der Waals surface area contributed by atoms with Gasteiger partial charge < -0.3 is 14.2 Å². The maximum absolute atomic E-state index is 11.1. The normalized spacial score (nSPS) is 33.9. The molecule has 0 bridgehead atoms. The van der Waals surface area contributed by atoms with Crippen LogP contribution in [-0.4, -0.2) is 25.2 Å². The summed E-state index contributed by atoms with van der Waals surface area (Å²) in [6.07, 6.45) is 4.61. The van der Waals surface area contributed by atoms with Gasteiger partial charge in [0.1, 0.15) is 0 Å². The van der Waals surface area contributed by atoms with Crippen LogP contribution in [0.25, 0.3) is 0 Å². The van der Waals surface area contributed by atoms with Crippen molar-refractivity contribution < 1.29 is 19.0 Å².